The van der Waals surface area contributed by atoms with E-state index in [4.69, 9.17) is 0 Å². The van der Waals surface area contributed by atoms with Gasteiger partial charge in [-0.05, 0) is 115 Å². The average molecular weight is 676 g/mol. The normalized spacial score (nSPS) is 11.0. The van der Waals surface area contributed by atoms with Crippen molar-refractivity contribution in [1.29, 1.82) is 0 Å². The van der Waals surface area contributed by atoms with Gasteiger partial charge < -0.3 is 4.90 Å². The van der Waals surface area contributed by atoms with Gasteiger partial charge in [0.15, 0.2) is 0 Å². The van der Waals surface area contributed by atoms with Gasteiger partial charge in [-0.3, -0.25) is 0 Å². The van der Waals surface area contributed by atoms with Crippen LogP contribution in [-0.4, -0.2) is 0 Å². The van der Waals surface area contributed by atoms with Crippen molar-refractivity contribution < 1.29 is 0 Å². The maximum Gasteiger partial charge on any atom is 0.0467 e. The van der Waals surface area contributed by atoms with Crippen LogP contribution in [0.3, 0.4) is 0 Å². The molecule has 0 radical (unpaired) electrons. The molecule has 0 saturated carbocycles. The third kappa shape index (κ3) is 6.65. The molecule has 0 heterocycles. The zero-order valence-electron chi connectivity index (χ0n) is 29.3. The van der Waals surface area contributed by atoms with Crippen molar-refractivity contribution in [1.82, 2.24) is 0 Å². The van der Waals surface area contributed by atoms with Crippen LogP contribution in [0.15, 0.2) is 224 Å². The second kappa shape index (κ2) is 14.3. The molecule has 0 aliphatic rings. The quantitative estimate of drug-likeness (QED) is 0.155. The van der Waals surface area contributed by atoms with Gasteiger partial charge in [0.25, 0.3) is 0 Å². The summed E-state index contributed by atoms with van der Waals surface area (Å²) >= 11 is 0. The summed E-state index contributed by atoms with van der Waals surface area (Å²) in [4.78, 5) is 2.36. The SMILES string of the molecule is c1ccc(-c2ccc(-c3cccc(N(c4ccc(-c5ccccc5)cc4)c4ccc(-c5cc(-c6ccccc6)c6ccccc6c5)cc4)c3)cc2)cc1. The number of rotatable bonds is 8. The fourth-order valence-corrected chi connectivity index (χ4v) is 7.33. The predicted octanol–water partition coefficient (Wildman–Crippen LogP) is 14.6. The van der Waals surface area contributed by atoms with Gasteiger partial charge in [0.1, 0.15) is 0 Å². The summed E-state index contributed by atoms with van der Waals surface area (Å²) in [5, 5.41) is 2.50. The fraction of sp³-hybridized carbons (Fsp3) is 0. The average Bonchev–Trinajstić information content (AvgIpc) is 3.25. The van der Waals surface area contributed by atoms with E-state index in [9.17, 15) is 0 Å². The lowest BCUT2D eigenvalue weighted by atomic mass is 9.93. The van der Waals surface area contributed by atoms with E-state index < -0.39 is 0 Å². The van der Waals surface area contributed by atoms with Gasteiger partial charge in [0.2, 0.25) is 0 Å². The lowest BCUT2D eigenvalue weighted by Gasteiger charge is -2.26. The van der Waals surface area contributed by atoms with E-state index in [1.54, 1.807) is 0 Å². The van der Waals surface area contributed by atoms with Crippen molar-refractivity contribution in [2.24, 2.45) is 0 Å². The third-order valence-electron chi connectivity index (χ3n) is 10.1. The Balaban J connectivity index is 1.11. The number of fused-ring (bicyclic) bond motifs is 1. The highest BCUT2D eigenvalue weighted by atomic mass is 15.1. The first kappa shape index (κ1) is 32.0. The van der Waals surface area contributed by atoms with Crippen LogP contribution in [0, 0.1) is 0 Å². The highest BCUT2D eigenvalue weighted by Crippen LogP contribution is 2.40. The topological polar surface area (TPSA) is 3.24 Å². The van der Waals surface area contributed by atoms with Crippen molar-refractivity contribution in [2.45, 2.75) is 0 Å². The van der Waals surface area contributed by atoms with Gasteiger partial charge in [-0.15, -0.1) is 0 Å². The Hall–Kier alpha value is -6.96. The van der Waals surface area contributed by atoms with Gasteiger partial charge >= 0.3 is 0 Å². The van der Waals surface area contributed by atoms with Gasteiger partial charge in [-0.2, -0.15) is 0 Å². The van der Waals surface area contributed by atoms with Crippen LogP contribution >= 0.6 is 0 Å². The zero-order chi connectivity index (χ0) is 35.4. The van der Waals surface area contributed by atoms with Crippen molar-refractivity contribution in [3.8, 4) is 55.6 Å². The molecule has 0 saturated heterocycles. The summed E-state index contributed by atoms with van der Waals surface area (Å²) in [6.07, 6.45) is 0. The Morgan fingerprint density at radius 3 is 1.21 bits per heavy atom. The Kier molecular flexibility index (Phi) is 8.66. The van der Waals surface area contributed by atoms with Crippen LogP contribution in [0.2, 0.25) is 0 Å². The first-order valence-electron chi connectivity index (χ1n) is 18.2. The first-order valence-corrected chi connectivity index (χ1v) is 18.2. The lowest BCUT2D eigenvalue weighted by Crippen LogP contribution is -2.10. The molecule has 53 heavy (non-hydrogen) atoms. The molecular formula is C52H37N. The predicted molar refractivity (Wildman–Crippen MR) is 226 cm³/mol. The summed E-state index contributed by atoms with van der Waals surface area (Å²) in [5.74, 6) is 0. The van der Waals surface area contributed by atoms with Gasteiger partial charge in [0.05, 0.1) is 0 Å². The molecule has 0 aromatic heterocycles. The van der Waals surface area contributed by atoms with Crippen LogP contribution in [0.5, 0.6) is 0 Å². The first-order chi connectivity index (χ1) is 26.3. The monoisotopic (exact) mass is 675 g/mol. The number of nitrogens with zero attached hydrogens (tertiary/aromatic N) is 1. The molecule has 0 fully saturated rings. The van der Waals surface area contributed by atoms with Crippen LogP contribution in [0.1, 0.15) is 0 Å². The summed E-state index contributed by atoms with van der Waals surface area (Å²) in [6, 6.07) is 80.8. The molecule has 0 spiro atoms. The second-order valence-corrected chi connectivity index (χ2v) is 13.4. The molecule has 0 atom stereocenters. The smallest absolute Gasteiger partial charge is 0.0467 e. The molecule has 0 aliphatic heterocycles. The molecule has 9 aromatic carbocycles. The molecule has 1 heteroatoms. The lowest BCUT2D eigenvalue weighted by molar-refractivity contribution is 1.28. The van der Waals surface area contributed by atoms with E-state index in [0.717, 1.165) is 17.1 Å². The maximum atomic E-state index is 2.36. The summed E-state index contributed by atoms with van der Waals surface area (Å²) in [7, 11) is 0. The Bertz CT molecular complexity index is 2610. The zero-order valence-corrected chi connectivity index (χ0v) is 29.3. The Labute approximate surface area is 311 Å². The largest absolute Gasteiger partial charge is 0.310 e. The molecule has 0 amide bonds. The molecule has 1 nitrogen and oxygen atoms in total. The van der Waals surface area contributed by atoms with Crippen molar-refractivity contribution in [2.75, 3.05) is 4.90 Å². The van der Waals surface area contributed by atoms with Crippen LogP contribution in [-0.2, 0) is 0 Å². The highest BCUT2D eigenvalue weighted by molar-refractivity contribution is 6.00. The Morgan fingerprint density at radius 1 is 0.226 bits per heavy atom. The molecule has 0 bridgehead atoms. The molecule has 0 N–H and O–H groups in total. The number of benzene rings is 9. The summed E-state index contributed by atoms with van der Waals surface area (Å²) < 4.78 is 0. The van der Waals surface area contributed by atoms with E-state index in [2.05, 4.69) is 229 Å². The van der Waals surface area contributed by atoms with Crippen LogP contribution in [0.25, 0.3) is 66.4 Å². The minimum atomic E-state index is 1.10. The van der Waals surface area contributed by atoms with E-state index in [1.807, 2.05) is 0 Å². The number of anilines is 3. The molecule has 9 aromatic rings. The van der Waals surface area contributed by atoms with Gasteiger partial charge in [-0.25, -0.2) is 0 Å². The molecule has 9 rings (SSSR count). The number of hydrogen-bond donors (Lipinski definition) is 0. The summed E-state index contributed by atoms with van der Waals surface area (Å²) in [5.41, 5.74) is 15.4. The molecule has 0 unspecified atom stereocenters. The summed E-state index contributed by atoms with van der Waals surface area (Å²) in [6.45, 7) is 0. The van der Waals surface area contributed by atoms with E-state index in [1.165, 1.54) is 66.4 Å². The van der Waals surface area contributed by atoms with E-state index in [0.29, 0.717) is 0 Å². The van der Waals surface area contributed by atoms with Gasteiger partial charge in [0, 0.05) is 17.1 Å². The number of hydrogen-bond acceptors (Lipinski definition) is 1. The standard InChI is InChI=1S/C52H37N/c1-4-13-38(14-5-1)40-23-25-42(26-24-40)45-20-12-21-50(36-45)53(48-31-27-41(28-32-48)39-15-6-2-7-16-39)49-33-29-43(30-34-49)47-35-46-19-10-11-22-51(46)52(37-47)44-17-8-3-9-18-44/h1-37H. The van der Waals surface area contributed by atoms with Crippen molar-refractivity contribution in [3.63, 3.8) is 0 Å². The highest BCUT2D eigenvalue weighted by Gasteiger charge is 2.15. The van der Waals surface area contributed by atoms with E-state index >= 15 is 0 Å². The molecular weight excluding hydrogens is 639 g/mol. The molecule has 250 valence electrons. The Morgan fingerprint density at radius 2 is 0.642 bits per heavy atom. The van der Waals surface area contributed by atoms with Crippen molar-refractivity contribution >= 4 is 27.8 Å². The maximum absolute atomic E-state index is 2.36. The molecule has 0 aliphatic carbocycles. The fourth-order valence-electron chi connectivity index (χ4n) is 7.33. The van der Waals surface area contributed by atoms with Gasteiger partial charge in [-0.1, -0.05) is 176 Å². The second-order valence-electron chi connectivity index (χ2n) is 13.4. The van der Waals surface area contributed by atoms with Crippen LogP contribution < -0.4 is 4.90 Å². The minimum Gasteiger partial charge on any atom is -0.310 e. The van der Waals surface area contributed by atoms with Crippen LogP contribution in [0.4, 0.5) is 17.1 Å². The third-order valence-corrected chi connectivity index (χ3v) is 10.1. The minimum absolute atomic E-state index is 1.10. The van der Waals surface area contributed by atoms with Crippen molar-refractivity contribution in [3.05, 3.63) is 224 Å². The van der Waals surface area contributed by atoms with E-state index in [-0.39, 0.29) is 0 Å².